The Morgan fingerprint density at radius 2 is 1.82 bits per heavy atom. The second-order valence-electron chi connectivity index (χ2n) is 11.8. The largest absolute Gasteiger partial charge is 0.393 e. The van der Waals surface area contributed by atoms with E-state index in [1.54, 1.807) is 0 Å². The van der Waals surface area contributed by atoms with Crippen LogP contribution in [0.5, 0.6) is 0 Å². The molecule has 39 heavy (non-hydrogen) atoms. The normalized spacial score (nSPS) is 21.6. The van der Waals surface area contributed by atoms with Gasteiger partial charge in [0.15, 0.2) is 11.6 Å². The van der Waals surface area contributed by atoms with Gasteiger partial charge in [-0.25, -0.2) is 9.97 Å². The van der Waals surface area contributed by atoms with Gasteiger partial charge in [-0.05, 0) is 71.3 Å². The fraction of sp³-hybridized carbons (Fsp3) is 0.586. The molecule has 0 radical (unpaired) electrons. The van der Waals surface area contributed by atoms with Crippen molar-refractivity contribution >= 4 is 39.6 Å². The summed E-state index contributed by atoms with van der Waals surface area (Å²) in [7, 11) is 2.00. The number of rotatable bonds is 8. The Labute approximate surface area is 228 Å². The van der Waals surface area contributed by atoms with E-state index in [0.717, 1.165) is 97.2 Å². The van der Waals surface area contributed by atoms with E-state index in [-0.39, 0.29) is 12.0 Å². The Bertz CT molecular complexity index is 1540. The Morgan fingerprint density at radius 3 is 2.49 bits per heavy atom. The van der Waals surface area contributed by atoms with Crippen molar-refractivity contribution in [2.45, 2.75) is 102 Å². The highest BCUT2D eigenvalue weighted by Gasteiger charge is 2.42. The van der Waals surface area contributed by atoms with Crippen molar-refractivity contribution in [3.8, 4) is 0 Å². The van der Waals surface area contributed by atoms with Crippen molar-refractivity contribution in [2.75, 3.05) is 5.32 Å². The Hall–Kier alpha value is -3.40. The number of imidazole rings is 1. The standard InChI is InChI=1S/C29H38N8O2/c1-4-35-21(15-25(39)36(18-5-6-18)19-7-8-19)14-23-27-26(30-16-34(27)3)28(32-29(23)35)31-24-13-17(2)37(33-24)20-9-11-22(38)12-10-20/h13-14,16,18-20,22,38H,4-12,15H2,1-3H3,(H,31,32,33). The molecule has 3 saturated carbocycles. The lowest BCUT2D eigenvalue weighted by atomic mass is 9.93. The molecule has 3 aliphatic carbocycles. The number of pyridine rings is 1. The van der Waals surface area contributed by atoms with Gasteiger partial charge in [0, 0.05) is 48.5 Å². The Balaban J connectivity index is 1.24. The zero-order chi connectivity index (χ0) is 26.8. The molecule has 1 amide bonds. The maximum absolute atomic E-state index is 13.4. The number of aryl methyl sites for hydroxylation is 3. The Morgan fingerprint density at radius 1 is 1.10 bits per heavy atom. The van der Waals surface area contributed by atoms with Gasteiger partial charge in [0.2, 0.25) is 5.91 Å². The number of aliphatic hydroxyl groups is 1. The zero-order valence-electron chi connectivity index (χ0n) is 23.1. The molecule has 0 aromatic carbocycles. The molecule has 7 rings (SSSR count). The van der Waals surface area contributed by atoms with E-state index in [9.17, 15) is 9.90 Å². The fourth-order valence-corrected chi connectivity index (χ4v) is 6.55. The number of anilines is 2. The summed E-state index contributed by atoms with van der Waals surface area (Å²) in [6.45, 7) is 4.92. The molecule has 4 aromatic rings. The van der Waals surface area contributed by atoms with Gasteiger partial charge in [-0.1, -0.05) is 0 Å². The minimum Gasteiger partial charge on any atom is -0.393 e. The second-order valence-corrected chi connectivity index (χ2v) is 11.8. The number of fused-ring (bicyclic) bond motifs is 3. The van der Waals surface area contributed by atoms with Crippen molar-refractivity contribution in [2.24, 2.45) is 7.05 Å². The van der Waals surface area contributed by atoms with Gasteiger partial charge in [0.05, 0.1) is 30.4 Å². The molecule has 4 heterocycles. The molecule has 3 aliphatic rings. The van der Waals surface area contributed by atoms with Crippen LogP contribution in [0.3, 0.4) is 0 Å². The molecule has 2 N–H and O–H groups in total. The molecule has 0 atom stereocenters. The number of nitrogens with one attached hydrogen (secondary N) is 1. The first kappa shape index (κ1) is 24.6. The van der Waals surface area contributed by atoms with E-state index in [0.29, 0.717) is 30.4 Å². The van der Waals surface area contributed by atoms with Gasteiger partial charge < -0.3 is 24.5 Å². The number of carbonyl (C=O) groups is 1. The van der Waals surface area contributed by atoms with Gasteiger partial charge in [-0.3, -0.25) is 9.48 Å². The smallest absolute Gasteiger partial charge is 0.229 e. The molecule has 4 aromatic heterocycles. The van der Waals surface area contributed by atoms with E-state index in [1.807, 2.05) is 17.9 Å². The number of hydrogen-bond donors (Lipinski definition) is 2. The highest BCUT2D eigenvalue weighted by atomic mass is 16.3. The van der Waals surface area contributed by atoms with Crippen molar-refractivity contribution in [3.63, 3.8) is 0 Å². The molecule has 3 fully saturated rings. The maximum Gasteiger partial charge on any atom is 0.229 e. The van der Waals surface area contributed by atoms with Gasteiger partial charge >= 0.3 is 0 Å². The lowest BCUT2D eigenvalue weighted by molar-refractivity contribution is -0.131. The third-order valence-electron chi connectivity index (χ3n) is 8.79. The molecule has 10 nitrogen and oxygen atoms in total. The summed E-state index contributed by atoms with van der Waals surface area (Å²) < 4.78 is 6.31. The van der Waals surface area contributed by atoms with Crippen LogP contribution in [0.15, 0.2) is 18.5 Å². The zero-order valence-corrected chi connectivity index (χ0v) is 23.1. The maximum atomic E-state index is 13.4. The monoisotopic (exact) mass is 530 g/mol. The predicted molar refractivity (Wildman–Crippen MR) is 150 cm³/mol. The van der Waals surface area contributed by atoms with Crippen molar-refractivity contribution in [1.29, 1.82) is 0 Å². The first-order valence-corrected chi connectivity index (χ1v) is 14.6. The highest BCUT2D eigenvalue weighted by molar-refractivity contribution is 6.07. The lowest BCUT2D eigenvalue weighted by Crippen LogP contribution is -2.36. The molecule has 0 saturated heterocycles. The summed E-state index contributed by atoms with van der Waals surface area (Å²) in [5, 5.41) is 19.3. The van der Waals surface area contributed by atoms with Gasteiger partial charge in [0.1, 0.15) is 11.2 Å². The minimum absolute atomic E-state index is 0.191. The number of hydrogen-bond acceptors (Lipinski definition) is 6. The van der Waals surface area contributed by atoms with E-state index in [1.165, 1.54) is 0 Å². The summed E-state index contributed by atoms with van der Waals surface area (Å²) in [4.78, 5) is 25.4. The minimum atomic E-state index is -0.191. The second kappa shape index (κ2) is 9.36. The van der Waals surface area contributed by atoms with E-state index < -0.39 is 0 Å². The third-order valence-corrected chi connectivity index (χ3v) is 8.79. The van der Waals surface area contributed by atoms with Crippen molar-refractivity contribution in [1.82, 2.24) is 33.8 Å². The molecule has 10 heteroatoms. The summed E-state index contributed by atoms with van der Waals surface area (Å²) in [5.41, 5.74) is 4.76. The van der Waals surface area contributed by atoms with Crippen molar-refractivity contribution in [3.05, 3.63) is 29.8 Å². The van der Waals surface area contributed by atoms with Gasteiger partial charge in [-0.2, -0.15) is 5.10 Å². The van der Waals surface area contributed by atoms with E-state index in [4.69, 9.17) is 15.1 Å². The van der Waals surface area contributed by atoms with Crippen molar-refractivity contribution < 1.29 is 9.90 Å². The number of aliphatic hydroxyl groups excluding tert-OH is 1. The lowest BCUT2D eigenvalue weighted by Gasteiger charge is -2.26. The molecule has 0 bridgehead atoms. The topological polar surface area (TPSA) is 106 Å². The molecule has 0 aliphatic heterocycles. The third kappa shape index (κ3) is 4.38. The highest BCUT2D eigenvalue weighted by Crippen LogP contribution is 2.38. The molecular weight excluding hydrogens is 492 g/mol. The van der Waals surface area contributed by atoms with Crippen LogP contribution >= 0.6 is 0 Å². The quantitative estimate of drug-likeness (QED) is 0.351. The SMILES string of the molecule is CCn1c(CC(=O)N(C2CC2)C2CC2)cc2c3c(ncn3C)c(Nc3cc(C)n(C4CCC(O)CC4)n3)nc21. The molecule has 0 unspecified atom stereocenters. The van der Waals surface area contributed by atoms with Crippen LogP contribution in [0.25, 0.3) is 22.1 Å². The van der Waals surface area contributed by atoms with Gasteiger partial charge in [0.25, 0.3) is 0 Å². The average Bonchev–Trinajstić information content (AvgIpc) is 3.83. The predicted octanol–water partition coefficient (Wildman–Crippen LogP) is 4.36. The van der Waals surface area contributed by atoms with Crippen LogP contribution in [-0.4, -0.2) is 63.0 Å². The number of aromatic nitrogens is 6. The van der Waals surface area contributed by atoms with E-state index >= 15 is 0 Å². The van der Waals surface area contributed by atoms with Crippen LogP contribution in [-0.2, 0) is 24.8 Å². The summed E-state index contributed by atoms with van der Waals surface area (Å²) in [5.74, 6) is 1.66. The van der Waals surface area contributed by atoms with E-state index in [2.05, 4.69) is 45.4 Å². The van der Waals surface area contributed by atoms with Gasteiger partial charge in [-0.15, -0.1) is 0 Å². The Kier molecular flexibility index (Phi) is 5.91. The average molecular weight is 531 g/mol. The van der Waals surface area contributed by atoms with Crippen LogP contribution in [0, 0.1) is 6.92 Å². The van der Waals surface area contributed by atoms with Crippen LogP contribution < -0.4 is 5.32 Å². The van der Waals surface area contributed by atoms with Crippen LogP contribution in [0.4, 0.5) is 11.6 Å². The number of amides is 1. The fourth-order valence-electron chi connectivity index (χ4n) is 6.55. The molecule has 206 valence electrons. The van der Waals surface area contributed by atoms with Crippen LogP contribution in [0.1, 0.15) is 75.7 Å². The number of carbonyl (C=O) groups excluding carboxylic acids is 1. The summed E-state index contributed by atoms with van der Waals surface area (Å²) in [6, 6.07) is 5.40. The first-order valence-electron chi connectivity index (χ1n) is 14.6. The molecule has 0 spiro atoms. The van der Waals surface area contributed by atoms with Crippen LogP contribution in [0.2, 0.25) is 0 Å². The number of nitrogens with zero attached hydrogens (tertiary/aromatic N) is 7. The molecular formula is C29H38N8O2. The first-order chi connectivity index (χ1) is 18.9. The summed E-state index contributed by atoms with van der Waals surface area (Å²) in [6.07, 6.45) is 10.1. The summed E-state index contributed by atoms with van der Waals surface area (Å²) >= 11 is 0.